The Kier molecular flexibility index (Phi) is 4.17. The zero-order valence-electron chi connectivity index (χ0n) is 11.2. The van der Waals surface area contributed by atoms with E-state index in [9.17, 15) is 4.79 Å². The molecule has 16 heavy (non-hydrogen) atoms. The maximum absolute atomic E-state index is 10.9. The van der Waals surface area contributed by atoms with Gasteiger partial charge in [0.25, 0.3) is 0 Å². The molecule has 0 N–H and O–H groups in total. The van der Waals surface area contributed by atoms with Crippen LogP contribution >= 0.6 is 0 Å². The predicted octanol–water partition coefficient (Wildman–Crippen LogP) is 3.57. The van der Waals surface area contributed by atoms with Crippen LogP contribution in [0.25, 0.3) is 0 Å². The number of esters is 1. The van der Waals surface area contributed by atoms with Gasteiger partial charge in [0.15, 0.2) is 0 Å². The number of ether oxygens (including phenoxy) is 1. The molecule has 1 heterocycles. The summed E-state index contributed by atoms with van der Waals surface area (Å²) in [5, 5.41) is 0. The highest BCUT2D eigenvalue weighted by Crippen LogP contribution is 2.40. The van der Waals surface area contributed by atoms with E-state index in [1.165, 1.54) is 0 Å². The van der Waals surface area contributed by atoms with Gasteiger partial charge in [-0.2, -0.15) is 0 Å². The highest BCUT2D eigenvalue weighted by molar-refractivity contribution is 5.85. The van der Waals surface area contributed by atoms with Crippen molar-refractivity contribution in [1.29, 1.82) is 0 Å². The van der Waals surface area contributed by atoms with Crippen LogP contribution in [0, 0.1) is 17.3 Å². The van der Waals surface area contributed by atoms with Crippen molar-refractivity contribution in [2.75, 3.05) is 6.61 Å². The van der Waals surface area contributed by atoms with E-state index in [0.717, 1.165) is 18.4 Å². The monoisotopic (exact) mass is 224 g/mol. The normalized spacial score (nSPS) is 16.9. The quantitative estimate of drug-likeness (QED) is 0.667. The Morgan fingerprint density at radius 3 is 2.25 bits per heavy atom. The van der Waals surface area contributed by atoms with Crippen molar-refractivity contribution >= 4 is 5.97 Å². The molecule has 0 radical (unpaired) electrons. The Labute approximate surface area is 99.1 Å². The average Bonchev–Trinajstić information content (AvgIpc) is 2.60. The number of carbonyl (C=O) groups is 1. The van der Waals surface area contributed by atoms with Gasteiger partial charge >= 0.3 is 5.97 Å². The van der Waals surface area contributed by atoms with E-state index in [-0.39, 0.29) is 5.97 Å². The molecule has 0 bridgehead atoms. The first-order chi connectivity index (χ1) is 7.36. The van der Waals surface area contributed by atoms with Gasteiger partial charge in [-0.05, 0) is 35.7 Å². The molecule has 2 nitrogen and oxygen atoms in total. The van der Waals surface area contributed by atoms with Crippen LogP contribution < -0.4 is 0 Å². The molecule has 92 valence electrons. The number of hydrogen-bond acceptors (Lipinski definition) is 2. The van der Waals surface area contributed by atoms with E-state index >= 15 is 0 Å². The third kappa shape index (κ3) is 2.87. The minimum absolute atomic E-state index is 0.175. The van der Waals surface area contributed by atoms with Gasteiger partial charge in [-0.15, -0.1) is 0 Å². The van der Waals surface area contributed by atoms with Gasteiger partial charge in [0.2, 0.25) is 0 Å². The molecular formula is C14H24O2. The molecule has 0 spiro atoms. The van der Waals surface area contributed by atoms with Crippen LogP contribution in [0.2, 0.25) is 0 Å². The molecule has 0 amide bonds. The summed E-state index contributed by atoms with van der Waals surface area (Å²) in [6.07, 6.45) is 3.77. The molecule has 2 heteroatoms. The van der Waals surface area contributed by atoms with Gasteiger partial charge in [-0.3, -0.25) is 0 Å². The van der Waals surface area contributed by atoms with Crippen LogP contribution in [0.5, 0.6) is 0 Å². The van der Waals surface area contributed by atoms with Gasteiger partial charge < -0.3 is 4.74 Å². The average molecular weight is 224 g/mol. The molecular weight excluding hydrogens is 200 g/mol. The molecule has 1 rings (SSSR count). The summed E-state index contributed by atoms with van der Waals surface area (Å²) in [4.78, 5) is 10.9. The lowest BCUT2D eigenvalue weighted by atomic mass is 9.67. The van der Waals surface area contributed by atoms with Crippen LogP contribution in [-0.4, -0.2) is 12.6 Å². The molecule has 1 aliphatic rings. The van der Waals surface area contributed by atoms with Crippen LogP contribution in [0.15, 0.2) is 11.6 Å². The molecule has 1 aliphatic heterocycles. The van der Waals surface area contributed by atoms with Crippen molar-refractivity contribution < 1.29 is 9.53 Å². The largest absolute Gasteiger partial charge is 0.458 e. The van der Waals surface area contributed by atoms with Gasteiger partial charge in [-0.1, -0.05) is 34.6 Å². The van der Waals surface area contributed by atoms with E-state index in [1.54, 1.807) is 6.08 Å². The van der Waals surface area contributed by atoms with Gasteiger partial charge in [0.05, 0.1) is 0 Å². The Hall–Kier alpha value is -0.790. The van der Waals surface area contributed by atoms with Crippen molar-refractivity contribution in [3.05, 3.63) is 11.6 Å². The lowest BCUT2D eigenvalue weighted by molar-refractivity contribution is -0.134. The summed E-state index contributed by atoms with van der Waals surface area (Å²) in [6, 6.07) is 0. The predicted molar refractivity (Wildman–Crippen MR) is 66.1 cm³/mol. The van der Waals surface area contributed by atoms with Gasteiger partial charge in [0, 0.05) is 6.08 Å². The zero-order valence-corrected chi connectivity index (χ0v) is 11.2. The summed E-state index contributed by atoms with van der Waals surface area (Å²) in [5.74, 6) is 1.14. The summed E-state index contributed by atoms with van der Waals surface area (Å²) in [6.45, 7) is 12.0. The van der Waals surface area contributed by atoms with Crippen molar-refractivity contribution in [3.63, 3.8) is 0 Å². The standard InChI is InChI=1S/C14H24O2/c1-10(2)14(5,11(3)4)7-6-12-8-13(15)16-9-12/h8,10-11H,6-7,9H2,1-5H3. The van der Waals surface area contributed by atoms with E-state index < -0.39 is 0 Å². The van der Waals surface area contributed by atoms with E-state index in [2.05, 4.69) is 34.6 Å². The third-order valence-corrected chi connectivity index (χ3v) is 4.34. The van der Waals surface area contributed by atoms with Crippen LogP contribution in [0.3, 0.4) is 0 Å². The summed E-state index contributed by atoms with van der Waals surface area (Å²) < 4.78 is 4.92. The summed E-state index contributed by atoms with van der Waals surface area (Å²) >= 11 is 0. The fraction of sp³-hybridized carbons (Fsp3) is 0.786. The maximum atomic E-state index is 10.9. The Morgan fingerprint density at radius 1 is 1.31 bits per heavy atom. The van der Waals surface area contributed by atoms with Crippen LogP contribution in [-0.2, 0) is 9.53 Å². The number of hydrogen-bond donors (Lipinski definition) is 0. The second-order valence-corrected chi connectivity index (χ2v) is 5.73. The number of rotatable bonds is 5. The van der Waals surface area contributed by atoms with Crippen molar-refractivity contribution in [1.82, 2.24) is 0 Å². The highest BCUT2D eigenvalue weighted by atomic mass is 16.5. The second kappa shape index (κ2) is 5.03. The molecule has 0 aliphatic carbocycles. The maximum Gasteiger partial charge on any atom is 0.331 e. The zero-order chi connectivity index (χ0) is 12.3. The van der Waals surface area contributed by atoms with Crippen LogP contribution in [0.1, 0.15) is 47.5 Å². The third-order valence-electron chi connectivity index (χ3n) is 4.34. The minimum Gasteiger partial charge on any atom is -0.458 e. The lowest BCUT2D eigenvalue weighted by Crippen LogP contribution is -2.29. The molecule has 0 saturated carbocycles. The van der Waals surface area contributed by atoms with Gasteiger partial charge in [0.1, 0.15) is 6.61 Å². The Balaban J connectivity index is 2.58. The van der Waals surface area contributed by atoms with Crippen molar-refractivity contribution in [2.24, 2.45) is 17.3 Å². The van der Waals surface area contributed by atoms with E-state index in [4.69, 9.17) is 4.74 Å². The first kappa shape index (κ1) is 13.3. The molecule has 0 fully saturated rings. The molecule has 0 atom stereocenters. The SMILES string of the molecule is CC(C)C(C)(CCC1=CC(=O)OC1)C(C)C. The molecule has 0 aromatic rings. The van der Waals surface area contributed by atoms with Crippen molar-refractivity contribution in [3.8, 4) is 0 Å². The van der Waals surface area contributed by atoms with Gasteiger partial charge in [-0.25, -0.2) is 4.79 Å². The first-order valence-electron chi connectivity index (χ1n) is 6.22. The topological polar surface area (TPSA) is 26.3 Å². The Morgan fingerprint density at radius 2 is 1.88 bits per heavy atom. The lowest BCUT2D eigenvalue weighted by Gasteiger charge is -2.38. The fourth-order valence-electron chi connectivity index (χ4n) is 2.23. The number of carbonyl (C=O) groups excluding carboxylic acids is 1. The van der Waals surface area contributed by atoms with E-state index in [1.807, 2.05) is 0 Å². The molecule has 0 aromatic heterocycles. The second-order valence-electron chi connectivity index (χ2n) is 5.73. The van der Waals surface area contributed by atoms with Crippen LogP contribution in [0.4, 0.5) is 0 Å². The van der Waals surface area contributed by atoms with E-state index in [0.29, 0.717) is 23.9 Å². The minimum atomic E-state index is -0.175. The molecule has 0 aromatic carbocycles. The summed E-state index contributed by atoms with van der Waals surface area (Å²) in [7, 11) is 0. The molecule has 0 unspecified atom stereocenters. The first-order valence-corrected chi connectivity index (χ1v) is 6.22. The summed E-state index contributed by atoms with van der Waals surface area (Å²) in [5.41, 5.74) is 1.49. The molecule has 0 saturated heterocycles. The fourth-order valence-corrected chi connectivity index (χ4v) is 2.23. The van der Waals surface area contributed by atoms with Crippen molar-refractivity contribution in [2.45, 2.75) is 47.5 Å². The number of cyclic esters (lactones) is 1. The smallest absolute Gasteiger partial charge is 0.331 e. The highest BCUT2D eigenvalue weighted by Gasteiger charge is 2.32. The Bertz CT molecular complexity index is 279.